The molecule has 3 heteroatoms. The standard InChI is InChI=1S/C6H6IN.C2H6.ClH/c7-5-3-1-2-4-6(5)8;1-2;/h1-4H,8H2;1-2H3;1H. The van der Waals surface area contributed by atoms with Crippen molar-refractivity contribution in [3.63, 3.8) is 0 Å². The second-order valence-electron chi connectivity index (χ2n) is 1.59. The Hall–Kier alpha value is 0.200. The molecule has 64 valence electrons. The molecule has 0 heterocycles. The van der Waals surface area contributed by atoms with Gasteiger partial charge in [-0.1, -0.05) is 26.0 Å². The van der Waals surface area contributed by atoms with E-state index in [1.54, 1.807) is 0 Å². The van der Waals surface area contributed by atoms with E-state index in [-0.39, 0.29) is 12.4 Å². The largest absolute Gasteiger partial charge is 1.00 e. The zero-order valence-electron chi connectivity index (χ0n) is 6.77. The molecule has 1 aromatic carbocycles. The van der Waals surface area contributed by atoms with Crippen LogP contribution in [0.15, 0.2) is 24.3 Å². The third-order valence-corrected chi connectivity index (χ3v) is 2.01. The van der Waals surface area contributed by atoms with Gasteiger partial charge >= 0.3 is 0 Å². The molecule has 0 fully saturated rings. The molecule has 0 radical (unpaired) electrons. The van der Waals surface area contributed by atoms with Crippen LogP contribution >= 0.6 is 22.6 Å². The second-order valence-corrected chi connectivity index (χ2v) is 2.75. The summed E-state index contributed by atoms with van der Waals surface area (Å²) in [7, 11) is 0. The number of quaternary nitrogens is 1. The quantitative estimate of drug-likeness (QED) is 0.604. The van der Waals surface area contributed by atoms with Gasteiger partial charge < -0.3 is 18.1 Å². The summed E-state index contributed by atoms with van der Waals surface area (Å²) in [6.07, 6.45) is 0. The fourth-order valence-electron chi connectivity index (χ4n) is 0.498. The van der Waals surface area contributed by atoms with Crippen LogP contribution in [0.5, 0.6) is 0 Å². The smallest absolute Gasteiger partial charge is 0.141 e. The van der Waals surface area contributed by atoms with Crippen molar-refractivity contribution in [1.29, 1.82) is 0 Å². The maximum Gasteiger partial charge on any atom is 0.141 e. The number of rotatable bonds is 0. The van der Waals surface area contributed by atoms with Gasteiger partial charge in [-0.15, -0.1) is 0 Å². The summed E-state index contributed by atoms with van der Waals surface area (Å²) in [4.78, 5) is 0. The first kappa shape index (κ1) is 13.8. The van der Waals surface area contributed by atoms with E-state index >= 15 is 0 Å². The maximum absolute atomic E-state index is 3.81. The Morgan fingerprint density at radius 1 is 1.18 bits per heavy atom. The average molecular weight is 286 g/mol. The molecule has 0 atom stereocenters. The predicted molar refractivity (Wildman–Crippen MR) is 53.1 cm³/mol. The summed E-state index contributed by atoms with van der Waals surface area (Å²) in [6.45, 7) is 4.00. The Morgan fingerprint density at radius 2 is 1.64 bits per heavy atom. The first-order valence-electron chi connectivity index (χ1n) is 3.37. The molecule has 0 aliphatic rings. The minimum absolute atomic E-state index is 0. The zero-order chi connectivity index (χ0) is 7.98. The predicted octanol–water partition coefficient (Wildman–Crippen LogP) is -0.805. The van der Waals surface area contributed by atoms with Gasteiger partial charge in [-0.25, -0.2) is 0 Å². The van der Waals surface area contributed by atoms with Crippen LogP contribution in [0.4, 0.5) is 5.69 Å². The Labute approximate surface area is 87.9 Å². The van der Waals surface area contributed by atoms with E-state index in [2.05, 4.69) is 28.3 Å². The van der Waals surface area contributed by atoms with E-state index in [4.69, 9.17) is 0 Å². The van der Waals surface area contributed by atoms with Crippen LogP contribution in [0, 0.1) is 3.57 Å². The monoisotopic (exact) mass is 285 g/mol. The summed E-state index contributed by atoms with van der Waals surface area (Å²) in [5, 5.41) is 0. The summed E-state index contributed by atoms with van der Waals surface area (Å²) < 4.78 is 1.23. The van der Waals surface area contributed by atoms with Gasteiger partial charge in [-0.2, -0.15) is 0 Å². The Bertz CT molecular complexity index is 170. The number of hydrogen-bond acceptors (Lipinski definition) is 0. The third-order valence-electron chi connectivity index (χ3n) is 0.958. The molecule has 0 bridgehead atoms. The Kier molecular flexibility index (Phi) is 10.4. The lowest BCUT2D eigenvalue weighted by atomic mass is 10.3. The SMILES string of the molecule is CC.[Cl-].[NH3+]c1ccccc1I. The second kappa shape index (κ2) is 8.30. The number of hydrogen-bond donors (Lipinski definition) is 1. The van der Waals surface area contributed by atoms with E-state index in [0.717, 1.165) is 5.69 Å². The van der Waals surface area contributed by atoms with Crippen LogP contribution in [-0.4, -0.2) is 0 Å². The molecule has 1 nitrogen and oxygen atoms in total. The van der Waals surface area contributed by atoms with Crippen LogP contribution in [0.3, 0.4) is 0 Å². The fourth-order valence-corrected chi connectivity index (χ4v) is 0.886. The van der Waals surface area contributed by atoms with Gasteiger partial charge in [0, 0.05) is 6.07 Å². The third kappa shape index (κ3) is 5.47. The molecule has 1 aromatic rings. The highest BCUT2D eigenvalue weighted by Crippen LogP contribution is 2.09. The van der Waals surface area contributed by atoms with Crippen molar-refractivity contribution >= 4 is 28.3 Å². The van der Waals surface area contributed by atoms with Crippen LogP contribution in [-0.2, 0) is 0 Å². The highest BCUT2D eigenvalue weighted by molar-refractivity contribution is 14.1. The lowest BCUT2D eigenvalue weighted by Gasteiger charge is -1.87. The molecule has 0 aliphatic heterocycles. The number of benzene rings is 1. The average Bonchev–Trinajstić information content (AvgIpc) is 2.00. The molecule has 1 rings (SSSR count). The highest BCUT2D eigenvalue weighted by Gasteiger charge is 1.91. The van der Waals surface area contributed by atoms with Crippen molar-refractivity contribution in [2.75, 3.05) is 0 Å². The first-order valence-corrected chi connectivity index (χ1v) is 4.45. The van der Waals surface area contributed by atoms with Gasteiger partial charge in [0.05, 0.1) is 3.57 Å². The van der Waals surface area contributed by atoms with Gasteiger partial charge in [-0.3, -0.25) is 0 Å². The molecule has 0 saturated heterocycles. The van der Waals surface area contributed by atoms with E-state index < -0.39 is 0 Å². The molecule has 0 spiro atoms. The van der Waals surface area contributed by atoms with Gasteiger partial charge in [-0.05, 0) is 28.7 Å². The first-order chi connectivity index (χ1) is 4.80. The fraction of sp³-hybridized carbons (Fsp3) is 0.250. The van der Waals surface area contributed by atoms with Gasteiger partial charge in [0.25, 0.3) is 0 Å². The van der Waals surface area contributed by atoms with Crippen molar-refractivity contribution in [2.45, 2.75) is 13.8 Å². The molecule has 0 aromatic heterocycles. The highest BCUT2D eigenvalue weighted by atomic mass is 127. The maximum atomic E-state index is 3.81. The summed E-state index contributed by atoms with van der Waals surface area (Å²) in [5.41, 5.74) is 4.92. The van der Waals surface area contributed by atoms with E-state index in [9.17, 15) is 0 Å². The van der Waals surface area contributed by atoms with Crippen molar-refractivity contribution in [3.05, 3.63) is 27.8 Å². The van der Waals surface area contributed by atoms with Crippen LogP contribution in [0.25, 0.3) is 0 Å². The molecular weight excluding hydrogens is 272 g/mol. The van der Waals surface area contributed by atoms with Crippen molar-refractivity contribution < 1.29 is 18.1 Å². The molecule has 3 N–H and O–H groups in total. The summed E-state index contributed by atoms with van der Waals surface area (Å²) in [6, 6.07) is 8.05. The van der Waals surface area contributed by atoms with Crippen LogP contribution in [0.2, 0.25) is 0 Å². The molecular formula is C8H13ClIN. The van der Waals surface area contributed by atoms with Crippen LogP contribution < -0.4 is 18.1 Å². The van der Waals surface area contributed by atoms with E-state index in [1.165, 1.54) is 3.57 Å². The van der Waals surface area contributed by atoms with E-state index in [0.29, 0.717) is 0 Å². The summed E-state index contributed by atoms with van der Waals surface area (Å²) >= 11 is 2.26. The normalized spacial score (nSPS) is 7.27. The minimum Gasteiger partial charge on any atom is -1.00 e. The van der Waals surface area contributed by atoms with Gasteiger partial charge in [0.15, 0.2) is 0 Å². The molecule has 0 unspecified atom stereocenters. The lowest BCUT2D eigenvalue weighted by molar-refractivity contribution is -0.256. The Morgan fingerprint density at radius 3 is 1.91 bits per heavy atom. The topological polar surface area (TPSA) is 27.6 Å². The zero-order valence-corrected chi connectivity index (χ0v) is 9.69. The van der Waals surface area contributed by atoms with Gasteiger partial charge in [0.1, 0.15) is 5.69 Å². The Balaban J connectivity index is 0. The summed E-state index contributed by atoms with van der Waals surface area (Å²) in [5.74, 6) is 0. The van der Waals surface area contributed by atoms with Crippen molar-refractivity contribution in [2.24, 2.45) is 0 Å². The van der Waals surface area contributed by atoms with Crippen LogP contribution in [0.1, 0.15) is 13.8 Å². The minimum atomic E-state index is 0. The van der Waals surface area contributed by atoms with Crippen molar-refractivity contribution in [1.82, 2.24) is 0 Å². The van der Waals surface area contributed by atoms with Gasteiger partial charge in [0.2, 0.25) is 0 Å². The molecule has 0 aliphatic carbocycles. The molecule has 0 saturated carbocycles. The lowest BCUT2D eigenvalue weighted by Crippen LogP contribution is -3.00. The molecule has 0 amide bonds. The number of halogens is 2. The molecule has 11 heavy (non-hydrogen) atoms. The van der Waals surface area contributed by atoms with Crippen molar-refractivity contribution in [3.8, 4) is 0 Å². The van der Waals surface area contributed by atoms with E-state index in [1.807, 2.05) is 38.1 Å².